The minimum Gasteiger partial charge on any atom is -0.508 e. The Balaban J connectivity index is 1.39. The van der Waals surface area contributed by atoms with Gasteiger partial charge in [0.25, 0.3) is 0 Å². The molecule has 4 rings (SSSR count). The van der Waals surface area contributed by atoms with E-state index in [1.807, 2.05) is 22.9 Å². The molecule has 3 aromatic rings. The second-order valence-electron chi connectivity index (χ2n) is 6.94. The van der Waals surface area contributed by atoms with Crippen molar-refractivity contribution in [2.75, 3.05) is 13.2 Å². The van der Waals surface area contributed by atoms with E-state index in [1.165, 1.54) is 11.1 Å². The van der Waals surface area contributed by atoms with Crippen molar-refractivity contribution in [2.24, 2.45) is 0 Å². The van der Waals surface area contributed by atoms with Crippen molar-refractivity contribution in [3.8, 4) is 5.75 Å². The molecule has 144 valence electrons. The summed E-state index contributed by atoms with van der Waals surface area (Å²) in [7, 11) is 0. The summed E-state index contributed by atoms with van der Waals surface area (Å²) in [6.07, 6.45) is 2.78. The summed E-state index contributed by atoms with van der Waals surface area (Å²) in [6, 6.07) is 17.1. The highest BCUT2D eigenvalue weighted by molar-refractivity contribution is 5.79. The molecule has 2 N–H and O–H groups in total. The van der Waals surface area contributed by atoms with Crippen LogP contribution in [0.2, 0.25) is 0 Å². The van der Waals surface area contributed by atoms with Crippen molar-refractivity contribution in [1.29, 1.82) is 0 Å². The molecule has 1 aromatic heterocycles. The number of ether oxygens (including phenoxy) is 1. The van der Waals surface area contributed by atoms with Crippen LogP contribution < -0.4 is 5.32 Å². The van der Waals surface area contributed by atoms with Crippen LogP contribution in [0.25, 0.3) is 0 Å². The van der Waals surface area contributed by atoms with Gasteiger partial charge in [-0.3, -0.25) is 9.48 Å². The van der Waals surface area contributed by atoms with Crippen LogP contribution >= 0.6 is 0 Å². The molecule has 0 aliphatic carbocycles. The average molecular weight is 377 g/mol. The first-order valence-electron chi connectivity index (χ1n) is 9.44. The van der Waals surface area contributed by atoms with Gasteiger partial charge < -0.3 is 15.2 Å². The van der Waals surface area contributed by atoms with Gasteiger partial charge in [-0.15, -0.1) is 0 Å². The number of nitrogens with one attached hydrogen (secondary N) is 1. The van der Waals surface area contributed by atoms with Crippen molar-refractivity contribution >= 4 is 5.91 Å². The second-order valence-corrected chi connectivity index (χ2v) is 6.94. The number of nitrogens with zero attached hydrogens (tertiary/aromatic N) is 2. The van der Waals surface area contributed by atoms with Crippen LogP contribution in [0.3, 0.4) is 0 Å². The predicted octanol–water partition coefficient (Wildman–Crippen LogP) is 2.61. The number of aromatic hydroxyl groups is 1. The number of benzene rings is 2. The number of para-hydroxylation sites is 1. The normalized spacial score (nSPS) is 15.8. The molecule has 0 fully saturated rings. The molecule has 0 saturated heterocycles. The first kappa shape index (κ1) is 18.3. The Hall–Kier alpha value is -3.12. The number of hydrogen-bond acceptors (Lipinski definition) is 4. The lowest BCUT2D eigenvalue weighted by molar-refractivity contribution is -0.121. The van der Waals surface area contributed by atoms with Crippen LogP contribution in [0.15, 0.2) is 60.8 Å². The highest BCUT2D eigenvalue weighted by atomic mass is 16.5. The number of phenols is 1. The third kappa shape index (κ3) is 4.23. The topological polar surface area (TPSA) is 76.4 Å². The Bertz CT molecular complexity index is 953. The number of rotatable bonds is 6. The molecule has 1 aliphatic rings. The average Bonchev–Trinajstić information content (AvgIpc) is 3.12. The van der Waals surface area contributed by atoms with Crippen molar-refractivity contribution in [3.05, 3.63) is 83.2 Å². The minimum absolute atomic E-state index is 0.133. The Morgan fingerprint density at radius 1 is 1.18 bits per heavy atom. The molecular formula is C22H23N3O3. The standard InChI is InChI=1S/C22H23N3O3/c26-19-9-5-4-8-17(19)12-21(27)23-13-20-22-18(10-11-28-20)15-25(24-22)14-16-6-2-1-3-7-16/h1-9,15,20,26H,10-14H2,(H,23,27). The number of carbonyl (C=O) groups excluding carboxylic acids is 1. The smallest absolute Gasteiger partial charge is 0.224 e. The summed E-state index contributed by atoms with van der Waals surface area (Å²) in [5.41, 5.74) is 3.86. The van der Waals surface area contributed by atoms with Crippen molar-refractivity contribution in [2.45, 2.75) is 25.5 Å². The number of hydrogen-bond donors (Lipinski definition) is 2. The number of phenolic OH excluding ortho intramolecular Hbond substituents is 1. The first-order valence-corrected chi connectivity index (χ1v) is 9.44. The molecule has 0 bridgehead atoms. The number of aromatic nitrogens is 2. The molecule has 1 amide bonds. The van der Waals surface area contributed by atoms with Gasteiger partial charge in [0.2, 0.25) is 5.91 Å². The van der Waals surface area contributed by atoms with Gasteiger partial charge in [-0.2, -0.15) is 5.10 Å². The van der Waals surface area contributed by atoms with E-state index in [4.69, 9.17) is 9.84 Å². The Labute approximate surface area is 163 Å². The lowest BCUT2D eigenvalue weighted by atomic mass is 10.1. The number of carbonyl (C=O) groups is 1. The van der Waals surface area contributed by atoms with E-state index in [-0.39, 0.29) is 24.2 Å². The molecule has 2 heterocycles. The molecule has 1 atom stereocenters. The highest BCUT2D eigenvalue weighted by Crippen LogP contribution is 2.25. The van der Waals surface area contributed by atoms with E-state index in [9.17, 15) is 9.90 Å². The van der Waals surface area contributed by atoms with Crippen molar-refractivity contribution in [1.82, 2.24) is 15.1 Å². The van der Waals surface area contributed by atoms with Gasteiger partial charge in [0.15, 0.2) is 0 Å². The molecule has 2 aromatic carbocycles. The highest BCUT2D eigenvalue weighted by Gasteiger charge is 2.25. The van der Waals surface area contributed by atoms with Crippen LogP contribution in [-0.2, 0) is 28.9 Å². The Morgan fingerprint density at radius 2 is 1.96 bits per heavy atom. The van der Waals surface area contributed by atoms with Gasteiger partial charge in [0.1, 0.15) is 11.9 Å². The zero-order chi connectivity index (χ0) is 19.3. The molecule has 6 heteroatoms. The van der Waals surface area contributed by atoms with E-state index in [1.54, 1.807) is 24.3 Å². The summed E-state index contributed by atoms with van der Waals surface area (Å²) in [5, 5.41) is 17.4. The van der Waals surface area contributed by atoms with Gasteiger partial charge >= 0.3 is 0 Å². The molecular weight excluding hydrogens is 354 g/mol. The van der Waals surface area contributed by atoms with Gasteiger partial charge in [-0.25, -0.2) is 0 Å². The maximum Gasteiger partial charge on any atom is 0.224 e. The van der Waals surface area contributed by atoms with E-state index in [0.717, 1.165) is 12.1 Å². The quantitative estimate of drug-likeness (QED) is 0.692. The molecule has 6 nitrogen and oxygen atoms in total. The third-order valence-corrected chi connectivity index (χ3v) is 4.88. The molecule has 0 spiro atoms. The van der Waals surface area contributed by atoms with E-state index in [2.05, 4.69) is 23.6 Å². The lowest BCUT2D eigenvalue weighted by Gasteiger charge is -2.22. The lowest BCUT2D eigenvalue weighted by Crippen LogP contribution is -2.32. The monoisotopic (exact) mass is 377 g/mol. The van der Waals surface area contributed by atoms with E-state index >= 15 is 0 Å². The van der Waals surface area contributed by atoms with Crippen LogP contribution in [-0.4, -0.2) is 33.9 Å². The SMILES string of the molecule is O=C(Cc1ccccc1O)NCC1OCCc2cn(Cc3ccccc3)nc21. The maximum absolute atomic E-state index is 12.3. The fraction of sp³-hybridized carbons (Fsp3) is 0.273. The molecule has 0 radical (unpaired) electrons. The predicted molar refractivity (Wildman–Crippen MR) is 105 cm³/mol. The van der Waals surface area contributed by atoms with Gasteiger partial charge in [-0.1, -0.05) is 48.5 Å². The summed E-state index contributed by atoms with van der Waals surface area (Å²) in [5.74, 6) is -0.0190. The molecule has 1 aliphatic heterocycles. The molecule has 0 saturated carbocycles. The summed E-state index contributed by atoms with van der Waals surface area (Å²) in [6.45, 7) is 1.69. The van der Waals surface area contributed by atoms with Crippen LogP contribution in [0.4, 0.5) is 0 Å². The summed E-state index contributed by atoms with van der Waals surface area (Å²) >= 11 is 0. The fourth-order valence-corrected chi connectivity index (χ4v) is 3.44. The van der Waals surface area contributed by atoms with Crippen LogP contribution in [0, 0.1) is 0 Å². The Kier molecular flexibility index (Phi) is 5.39. The molecule has 28 heavy (non-hydrogen) atoms. The van der Waals surface area contributed by atoms with Gasteiger partial charge in [-0.05, 0) is 23.6 Å². The van der Waals surface area contributed by atoms with Crippen molar-refractivity contribution < 1.29 is 14.6 Å². The summed E-state index contributed by atoms with van der Waals surface area (Å²) in [4.78, 5) is 12.3. The van der Waals surface area contributed by atoms with Gasteiger partial charge in [0.05, 0.1) is 25.3 Å². The maximum atomic E-state index is 12.3. The largest absolute Gasteiger partial charge is 0.508 e. The zero-order valence-electron chi connectivity index (χ0n) is 15.5. The minimum atomic E-state index is -0.255. The van der Waals surface area contributed by atoms with Crippen molar-refractivity contribution in [3.63, 3.8) is 0 Å². The third-order valence-electron chi connectivity index (χ3n) is 4.88. The van der Waals surface area contributed by atoms with E-state index in [0.29, 0.717) is 25.3 Å². The van der Waals surface area contributed by atoms with Crippen LogP contribution in [0.5, 0.6) is 5.75 Å². The van der Waals surface area contributed by atoms with Crippen LogP contribution in [0.1, 0.15) is 28.5 Å². The first-order chi connectivity index (χ1) is 13.7. The van der Waals surface area contributed by atoms with E-state index < -0.39 is 0 Å². The number of amides is 1. The van der Waals surface area contributed by atoms with Gasteiger partial charge in [0, 0.05) is 18.3 Å². The second kappa shape index (κ2) is 8.27. The fourth-order valence-electron chi connectivity index (χ4n) is 3.44. The Morgan fingerprint density at radius 3 is 2.79 bits per heavy atom. The summed E-state index contributed by atoms with van der Waals surface area (Å²) < 4.78 is 7.79. The molecule has 1 unspecified atom stereocenters. The number of fused-ring (bicyclic) bond motifs is 1. The zero-order valence-corrected chi connectivity index (χ0v) is 15.5.